The van der Waals surface area contributed by atoms with Crippen molar-refractivity contribution in [3.05, 3.63) is 59.6 Å². The Morgan fingerprint density at radius 2 is 1.97 bits per heavy atom. The maximum Gasteiger partial charge on any atom is 0.229 e. The number of halogens is 1. The van der Waals surface area contributed by atoms with Crippen LogP contribution in [0.3, 0.4) is 0 Å². The van der Waals surface area contributed by atoms with E-state index in [1.54, 1.807) is 5.51 Å². The third kappa shape index (κ3) is 5.49. The number of hydrogen-bond donors (Lipinski definition) is 1. The summed E-state index contributed by atoms with van der Waals surface area (Å²) in [6.45, 7) is 4.45. The standard InChI is InChI=1S/C22H22FN7O2S2/c1-31-32-34-30-8-6-29(7-9-30)13-15-2-5-20(24-11-15)27-22-25-12-17(23)21(28-22)16-3-4-18-19(10-16)33-14-26-18/h2-5,10-12,14H,6-9,13H2,1H3,(H,24,25,27,28). The van der Waals surface area contributed by atoms with Crippen LogP contribution in [-0.4, -0.2) is 62.4 Å². The zero-order chi connectivity index (χ0) is 23.3. The fourth-order valence-corrected chi connectivity index (χ4v) is 4.81. The number of rotatable bonds is 8. The lowest BCUT2D eigenvalue weighted by Crippen LogP contribution is -2.42. The van der Waals surface area contributed by atoms with Gasteiger partial charge in [0.15, 0.2) is 5.82 Å². The number of aromatic nitrogens is 4. The van der Waals surface area contributed by atoms with Gasteiger partial charge in [-0.25, -0.2) is 33.5 Å². The topological polar surface area (TPSA) is 88.5 Å². The Morgan fingerprint density at radius 3 is 2.76 bits per heavy atom. The fraction of sp³-hybridized carbons (Fsp3) is 0.273. The van der Waals surface area contributed by atoms with Gasteiger partial charge < -0.3 is 5.32 Å². The third-order valence-corrected chi connectivity index (χ3v) is 6.92. The summed E-state index contributed by atoms with van der Waals surface area (Å²) in [7, 11) is 1.50. The highest BCUT2D eigenvalue weighted by atomic mass is 32.2. The number of anilines is 2. The molecule has 4 heterocycles. The first-order valence-electron chi connectivity index (χ1n) is 10.6. The van der Waals surface area contributed by atoms with E-state index in [1.165, 1.54) is 36.9 Å². The molecule has 1 fully saturated rings. The lowest BCUT2D eigenvalue weighted by atomic mass is 10.1. The molecule has 0 aliphatic carbocycles. The van der Waals surface area contributed by atoms with Crippen LogP contribution >= 0.6 is 23.6 Å². The summed E-state index contributed by atoms with van der Waals surface area (Å²) in [6.07, 6.45) is 3.01. The van der Waals surface area contributed by atoms with Crippen LogP contribution in [0.2, 0.25) is 0 Å². The van der Waals surface area contributed by atoms with Crippen molar-refractivity contribution in [3.63, 3.8) is 0 Å². The van der Waals surface area contributed by atoms with Crippen LogP contribution in [0.15, 0.2) is 48.2 Å². The van der Waals surface area contributed by atoms with Crippen molar-refractivity contribution in [1.29, 1.82) is 0 Å². The summed E-state index contributed by atoms with van der Waals surface area (Å²) in [6, 6.07) is 9.46. The Bertz CT molecular complexity index is 1250. The van der Waals surface area contributed by atoms with Gasteiger partial charge in [0.1, 0.15) is 23.7 Å². The van der Waals surface area contributed by atoms with Gasteiger partial charge in [-0.15, -0.1) is 15.7 Å². The van der Waals surface area contributed by atoms with Gasteiger partial charge >= 0.3 is 0 Å². The summed E-state index contributed by atoms with van der Waals surface area (Å²) < 4.78 is 22.5. The molecular weight excluding hydrogens is 477 g/mol. The molecule has 176 valence electrons. The highest BCUT2D eigenvalue weighted by Crippen LogP contribution is 2.27. The molecule has 0 saturated carbocycles. The predicted octanol–water partition coefficient (Wildman–Crippen LogP) is 4.29. The SMILES string of the molecule is COOSN1CCN(Cc2ccc(Nc3ncc(F)c(-c4ccc5ncsc5c4)n3)nc2)CC1. The number of nitrogens with zero attached hydrogens (tertiary/aromatic N) is 6. The fourth-order valence-electron chi connectivity index (χ4n) is 3.63. The summed E-state index contributed by atoms with van der Waals surface area (Å²) in [5, 5.41) is 3.07. The average molecular weight is 500 g/mol. The summed E-state index contributed by atoms with van der Waals surface area (Å²) in [5.74, 6) is 0.398. The largest absolute Gasteiger partial charge is 0.309 e. The number of pyridine rings is 1. The first-order valence-corrected chi connectivity index (χ1v) is 12.2. The molecule has 1 aliphatic heterocycles. The van der Waals surface area contributed by atoms with Gasteiger partial charge in [-0.05, 0) is 23.8 Å². The predicted molar refractivity (Wildman–Crippen MR) is 131 cm³/mol. The van der Waals surface area contributed by atoms with Gasteiger partial charge in [0.05, 0.1) is 29.0 Å². The number of fused-ring (bicyclic) bond motifs is 1. The Morgan fingerprint density at radius 1 is 1.09 bits per heavy atom. The van der Waals surface area contributed by atoms with E-state index in [9.17, 15) is 4.39 Å². The van der Waals surface area contributed by atoms with Crippen LogP contribution in [0.5, 0.6) is 0 Å². The summed E-state index contributed by atoms with van der Waals surface area (Å²) >= 11 is 2.74. The van der Waals surface area contributed by atoms with Crippen molar-refractivity contribution >= 4 is 45.5 Å². The molecule has 0 spiro atoms. The van der Waals surface area contributed by atoms with Crippen molar-refractivity contribution in [1.82, 2.24) is 29.1 Å². The second-order valence-electron chi connectivity index (χ2n) is 7.62. The van der Waals surface area contributed by atoms with E-state index in [0.29, 0.717) is 11.4 Å². The van der Waals surface area contributed by atoms with Crippen molar-refractivity contribution in [2.75, 3.05) is 38.6 Å². The zero-order valence-electron chi connectivity index (χ0n) is 18.3. The highest BCUT2D eigenvalue weighted by Gasteiger charge is 2.18. The number of piperazine rings is 1. The van der Waals surface area contributed by atoms with Crippen LogP contribution in [0.1, 0.15) is 5.56 Å². The molecule has 5 rings (SSSR count). The minimum Gasteiger partial charge on any atom is -0.309 e. The second-order valence-corrected chi connectivity index (χ2v) is 9.30. The van der Waals surface area contributed by atoms with Crippen molar-refractivity contribution in [2.45, 2.75) is 6.54 Å². The molecule has 9 nitrogen and oxygen atoms in total. The third-order valence-electron chi connectivity index (χ3n) is 5.35. The van der Waals surface area contributed by atoms with E-state index in [-0.39, 0.29) is 11.6 Å². The van der Waals surface area contributed by atoms with Crippen molar-refractivity contribution < 1.29 is 13.6 Å². The van der Waals surface area contributed by atoms with E-state index in [2.05, 4.69) is 39.3 Å². The van der Waals surface area contributed by atoms with E-state index >= 15 is 0 Å². The molecule has 0 unspecified atom stereocenters. The first kappa shape index (κ1) is 23.0. The van der Waals surface area contributed by atoms with Crippen molar-refractivity contribution in [3.8, 4) is 11.3 Å². The zero-order valence-corrected chi connectivity index (χ0v) is 20.0. The van der Waals surface area contributed by atoms with Gasteiger partial charge in [-0.1, -0.05) is 12.1 Å². The van der Waals surface area contributed by atoms with Gasteiger partial charge in [-0.3, -0.25) is 4.90 Å². The molecule has 1 N–H and O–H groups in total. The van der Waals surface area contributed by atoms with E-state index < -0.39 is 5.82 Å². The minimum atomic E-state index is -0.481. The number of nitrogens with one attached hydrogen (secondary N) is 1. The molecule has 1 aliphatic rings. The number of benzene rings is 1. The van der Waals surface area contributed by atoms with E-state index in [1.807, 2.05) is 36.5 Å². The second kappa shape index (κ2) is 10.7. The lowest BCUT2D eigenvalue weighted by Gasteiger charge is -2.32. The monoisotopic (exact) mass is 499 g/mol. The molecule has 12 heteroatoms. The highest BCUT2D eigenvalue weighted by molar-refractivity contribution is 7.92. The number of hydrogen-bond acceptors (Lipinski definition) is 11. The van der Waals surface area contributed by atoms with Crippen LogP contribution in [0.25, 0.3) is 21.5 Å². The molecule has 34 heavy (non-hydrogen) atoms. The quantitative estimate of drug-likeness (QED) is 0.164. The van der Waals surface area contributed by atoms with Gasteiger partial charge in [0.25, 0.3) is 0 Å². The van der Waals surface area contributed by atoms with E-state index in [4.69, 9.17) is 4.33 Å². The molecular formula is C22H22FN7O2S2. The molecule has 0 radical (unpaired) electrons. The molecule has 0 atom stereocenters. The van der Waals surface area contributed by atoms with Gasteiger partial charge in [0.2, 0.25) is 5.95 Å². The molecule has 1 aromatic carbocycles. The van der Waals surface area contributed by atoms with Gasteiger partial charge in [0, 0.05) is 44.5 Å². The minimum absolute atomic E-state index is 0.234. The normalized spacial score (nSPS) is 15.1. The Hall–Kier alpha value is -2.74. The smallest absolute Gasteiger partial charge is 0.229 e. The average Bonchev–Trinajstić information content (AvgIpc) is 3.34. The van der Waals surface area contributed by atoms with E-state index in [0.717, 1.165) is 48.5 Å². The van der Waals surface area contributed by atoms with Crippen molar-refractivity contribution in [2.24, 2.45) is 0 Å². The van der Waals surface area contributed by atoms with Crippen LogP contribution in [0, 0.1) is 5.82 Å². The number of thiazole rings is 1. The van der Waals surface area contributed by atoms with Crippen LogP contribution in [-0.2, 0) is 15.8 Å². The van der Waals surface area contributed by atoms with Crippen LogP contribution < -0.4 is 5.32 Å². The molecule has 0 bridgehead atoms. The summed E-state index contributed by atoms with van der Waals surface area (Å²) in [4.78, 5) is 24.2. The maximum absolute atomic E-state index is 14.5. The Balaban J connectivity index is 1.22. The molecule has 1 saturated heterocycles. The van der Waals surface area contributed by atoms with Gasteiger partial charge in [-0.2, -0.15) is 0 Å². The molecule has 3 aromatic heterocycles. The first-order chi connectivity index (χ1) is 16.7. The maximum atomic E-state index is 14.5. The van der Waals surface area contributed by atoms with Crippen LogP contribution in [0.4, 0.5) is 16.2 Å². The summed E-state index contributed by atoms with van der Waals surface area (Å²) in [5.41, 5.74) is 4.67. The molecule has 4 aromatic rings. The lowest BCUT2D eigenvalue weighted by molar-refractivity contribution is -0.164. The Labute approximate surface area is 204 Å². The molecule has 0 amide bonds. The Kier molecular flexibility index (Phi) is 7.23.